The SMILES string of the molecule is c1ccc2c(c1)NC(SN1CCOCC1)S2. The maximum absolute atomic E-state index is 5.34. The number of rotatable bonds is 2. The summed E-state index contributed by atoms with van der Waals surface area (Å²) < 4.78 is 8.15. The summed E-state index contributed by atoms with van der Waals surface area (Å²) in [6, 6.07) is 8.48. The standard InChI is InChI=1S/C11H14N2OS2/c1-2-4-10-9(3-1)12-11(15-10)16-13-5-7-14-8-6-13/h1-4,11-12H,5-8H2. The Morgan fingerprint density at radius 2 is 2.12 bits per heavy atom. The molecular weight excluding hydrogens is 240 g/mol. The maximum atomic E-state index is 5.34. The number of nitrogens with one attached hydrogen (secondary N) is 1. The summed E-state index contributed by atoms with van der Waals surface area (Å²) in [6.45, 7) is 3.77. The van der Waals surface area contributed by atoms with E-state index in [1.165, 1.54) is 10.6 Å². The molecule has 0 spiro atoms. The van der Waals surface area contributed by atoms with E-state index in [0.29, 0.717) is 4.71 Å². The largest absolute Gasteiger partial charge is 0.379 e. The smallest absolute Gasteiger partial charge is 0.138 e. The zero-order chi connectivity index (χ0) is 10.8. The minimum absolute atomic E-state index is 0.412. The van der Waals surface area contributed by atoms with Gasteiger partial charge in [0.25, 0.3) is 0 Å². The van der Waals surface area contributed by atoms with Gasteiger partial charge in [-0.15, -0.1) is 0 Å². The Bertz CT molecular complexity index is 344. The second kappa shape index (κ2) is 4.87. The topological polar surface area (TPSA) is 24.5 Å². The second-order valence-corrected chi connectivity index (χ2v) is 6.38. The molecule has 2 aliphatic rings. The summed E-state index contributed by atoms with van der Waals surface area (Å²) >= 11 is 3.79. The number of fused-ring (bicyclic) bond motifs is 1. The van der Waals surface area contributed by atoms with Crippen molar-refractivity contribution in [1.82, 2.24) is 4.31 Å². The molecule has 1 atom stereocenters. The van der Waals surface area contributed by atoms with Crippen molar-refractivity contribution in [3.05, 3.63) is 24.3 Å². The second-order valence-electron chi connectivity index (χ2n) is 3.74. The highest BCUT2D eigenvalue weighted by Gasteiger charge is 2.24. The van der Waals surface area contributed by atoms with Crippen LogP contribution in [-0.2, 0) is 4.74 Å². The van der Waals surface area contributed by atoms with Crippen LogP contribution in [0.15, 0.2) is 29.2 Å². The minimum Gasteiger partial charge on any atom is -0.379 e. The van der Waals surface area contributed by atoms with Gasteiger partial charge in [0.05, 0.1) is 13.2 Å². The molecule has 2 heterocycles. The normalized spacial score (nSPS) is 25.1. The van der Waals surface area contributed by atoms with E-state index in [9.17, 15) is 0 Å². The third-order valence-electron chi connectivity index (χ3n) is 2.61. The van der Waals surface area contributed by atoms with Gasteiger partial charge in [0.1, 0.15) is 4.71 Å². The summed E-state index contributed by atoms with van der Waals surface area (Å²) in [5.74, 6) is 0. The van der Waals surface area contributed by atoms with Crippen LogP contribution in [0.5, 0.6) is 0 Å². The molecule has 0 amide bonds. The van der Waals surface area contributed by atoms with Crippen LogP contribution in [0.25, 0.3) is 0 Å². The molecule has 1 aromatic rings. The number of ether oxygens (including phenoxy) is 1. The fraction of sp³-hybridized carbons (Fsp3) is 0.455. The van der Waals surface area contributed by atoms with Crippen molar-refractivity contribution in [2.75, 3.05) is 31.6 Å². The summed E-state index contributed by atoms with van der Waals surface area (Å²) in [7, 11) is 0. The van der Waals surface area contributed by atoms with E-state index in [1.807, 2.05) is 23.7 Å². The number of morpholine rings is 1. The molecule has 0 aliphatic carbocycles. The number of anilines is 1. The average Bonchev–Trinajstić information content (AvgIpc) is 2.72. The molecule has 0 bridgehead atoms. The number of para-hydroxylation sites is 1. The predicted octanol–water partition coefficient (Wildman–Crippen LogP) is 2.47. The zero-order valence-corrected chi connectivity index (χ0v) is 10.5. The molecule has 0 saturated carbocycles. The summed E-state index contributed by atoms with van der Waals surface area (Å²) in [5.41, 5.74) is 1.26. The lowest BCUT2D eigenvalue weighted by Crippen LogP contribution is -2.33. The quantitative estimate of drug-likeness (QED) is 0.817. The molecule has 0 radical (unpaired) electrons. The van der Waals surface area contributed by atoms with Crippen LogP contribution in [0.1, 0.15) is 0 Å². The van der Waals surface area contributed by atoms with Gasteiger partial charge in [-0.05, 0) is 24.1 Å². The van der Waals surface area contributed by atoms with Gasteiger partial charge in [-0.3, -0.25) is 0 Å². The molecule has 5 heteroatoms. The highest BCUT2D eigenvalue weighted by Crippen LogP contribution is 2.43. The van der Waals surface area contributed by atoms with E-state index in [-0.39, 0.29) is 0 Å². The zero-order valence-electron chi connectivity index (χ0n) is 8.89. The van der Waals surface area contributed by atoms with E-state index < -0.39 is 0 Å². The Kier molecular flexibility index (Phi) is 3.28. The van der Waals surface area contributed by atoms with Gasteiger partial charge in [0.15, 0.2) is 0 Å². The number of benzene rings is 1. The third-order valence-corrected chi connectivity index (χ3v) is 5.07. The first-order chi connectivity index (χ1) is 7.92. The van der Waals surface area contributed by atoms with Gasteiger partial charge in [-0.2, -0.15) is 0 Å². The fourth-order valence-corrected chi connectivity index (χ4v) is 4.28. The van der Waals surface area contributed by atoms with Crippen LogP contribution in [0, 0.1) is 0 Å². The van der Waals surface area contributed by atoms with Crippen molar-refractivity contribution in [2.45, 2.75) is 9.60 Å². The van der Waals surface area contributed by atoms with E-state index in [0.717, 1.165) is 26.3 Å². The van der Waals surface area contributed by atoms with Gasteiger partial charge >= 0.3 is 0 Å². The highest BCUT2D eigenvalue weighted by atomic mass is 32.2. The van der Waals surface area contributed by atoms with Crippen molar-refractivity contribution in [1.29, 1.82) is 0 Å². The number of hydrogen-bond acceptors (Lipinski definition) is 5. The van der Waals surface area contributed by atoms with Crippen molar-refractivity contribution in [3.8, 4) is 0 Å². The molecule has 16 heavy (non-hydrogen) atoms. The van der Waals surface area contributed by atoms with Crippen molar-refractivity contribution in [3.63, 3.8) is 0 Å². The monoisotopic (exact) mass is 254 g/mol. The van der Waals surface area contributed by atoms with Crippen LogP contribution in [0.2, 0.25) is 0 Å². The van der Waals surface area contributed by atoms with Gasteiger partial charge in [-0.25, -0.2) is 4.31 Å². The molecular formula is C11H14N2OS2. The molecule has 1 N–H and O–H groups in total. The maximum Gasteiger partial charge on any atom is 0.138 e. The molecule has 2 aliphatic heterocycles. The van der Waals surface area contributed by atoms with E-state index >= 15 is 0 Å². The molecule has 1 fully saturated rings. The van der Waals surface area contributed by atoms with Crippen LogP contribution in [0.4, 0.5) is 5.69 Å². The first kappa shape index (κ1) is 10.8. The molecule has 1 saturated heterocycles. The Hall–Kier alpha value is -0.360. The number of thioether (sulfide) groups is 1. The fourth-order valence-electron chi connectivity index (χ4n) is 1.80. The van der Waals surface area contributed by atoms with Crippen molar-refractivity contribution < 1.29 is 4.74 Å². The Balaban J connectivity index is 1.59. The van der Waals surface area contributed by atoms with Crippen LogP contribution < -0.4 is 5.32 Å². The lowest BCUT2D eigenvalue weighted by molar-refractivity contribution is 0.0773. The van der Waals surface area contributed by atoms with E-state index in [4.69, 9.17) is 4.74 Å². The first-order valence-corrected chi connectivity index (χ1v) is 7.15. The average molecular weight is 254 g/mol. The summed E-state index contributed by atoms with van der Waals surface area (Å²) in [5, 5.41) is 3.53. The number of nitrogens with zero attached hydrogens (tertiary/aromatic N) is 1. The predicted molar refractivity (Wildman–Crippen MR) is 69.7 cm³/mol. The van der Waals surface area contributed by atoms with E-state index in [1.54, 1.807) is 0 Å². The Morgan fingerprint density at radius 3 is 2.94 bits per heavy atom. The molecule has 1 unspecified atom stereocenters. The van der Waals surface area contributed by atoms with Crippen LogP contribution in [0.3, 0.4) is 0 Å². The summed E-state index contributed by atoms with van der Waals surface area (Å²) in [6.07, 6.45) is 0. The van der Waals surface area contributed by atoms with E-state index in [2.05, 4.69) is 33.9 Å². The van der Waals surface area contributed by atoms with Crippen molar-refractivity contribution in [2.24, 2.45) is 0 Å². The van der Waals surface area contributed by atoms with Crippen LogP contribution in [-0.4, -0.2) is 35.3 Å². The van der Waals surface area contributed by atoms with Crippen LogP contribution >= 0.6 is 23.7 Å². The van der Waals surface area contributed by atoms with Gasteiger partial charge < -0.3 is 10.1 Å². The summed E-state index contributed by atoms with van der Waals surface area (Å²) in [4.78, 5) is 1.35. The number of hydrogen-bond donors (Lipinski definition) is 1. The lowest BCUT2D eigenvalue weighted by Gasteiger charge is -2.27. The third kappa shape index (κ3) is 2.32. The Labute approximate surface area is 104 Å². The minimum atomic E-state index is 0.412. The van der Waals surface area contributed by atoms with Gasteiger partial charge in [0, 0.05) is 23.7 Å². The molecule has 3 rings (SSSR count). The first-order valence-electron chi connectivity index (χ1n) is 5.43. The molecule has 1 aromatic carbocycles. The van der Waals surface area contributed by atoms with Gasteiger partial charge in [0.2, 0.25) is 0 Å². The molecule has 3 nitrogen and oxygen atoms in total. The lowest BCUT2D eigenvalue weighted by atomic mass is 10.3. The Morgan fingerprint density at radius 1 is 1.31 bits per heavy atom. The molecule has 0 aromatic heterocycles. The molecule has 86 valence electrons. The highest BCUT2D eigenvalue weighted by molar-refractivity contribution is 8.16. The van der Waals surface area contributed by atoms with Gasteiger partial charge in [-0.1, -0.05) is 23.9 Å². The van der Waals surface area contributed by atoms with Crippen molar-refractivity contribution >= 4 is 29.4 Å².